The third kappa shape index (κ3) is 3.05. The maximum Gasteiger partial charge on any atom is 0.0309 e. The zero-order valence-electron chi connectivity index (χ0n) is 12.5. The molecule has 3 rings (SSSR count). The van der Waals surface area contributed by atoms with E-state index in [0.29, 0.717) is 5.54 Å². The summed E-state index contributed by atoms with van der Waals surface area (Å²) < 4.78 is 0. The van der Waals surface area contributed by atoms with Gasteiger partial charge in [0.15, 0.2) is 0 Å². The lowest BCUT2D eigenvalue weighted by atomic mass is 9.88. The largest absolute Gasteiger partial charge is 0.308 e. The lowest BCUT2D eigenvalue weighted by molar-refractivity contribution is 0.0626. The first-order chi connectivity index (χ1) is 9.31. The molecule has 0 radical (unpaired) electrons. The van der Waals surface area contributed by atoms with Crippen molar-refractivity contribution in [3.63, 3.8) is 0 Å². The summed E-state index contributed by atoms with van der Waals surface area (Å²) in [6.45, 7) is 6.23. The van der Waals surface area contributed by atoms with E-state index in [-0.39, 0.29) is 0 Å². The summed E-state index contributed by atoms with van der Waals surface area (Å²) in [5.41, 5.74) is 0.482. The molecule has 1 spiro atoms. The molecule has 0 aromatic carbocycles. The molecule has 2 atom stereocenters. The summed E-state index contributed by atoms with van der Waals surface area (Å²) in [5.74, 6) is 0.913. The van der Waals surface area contributed by atoms with Gasteiger partial charge in [-0.1, -0.05) is 31.9 Å². The summed E-state index contributed by atoms with van der Waals surface area (Å²) in [6.07, 6.45) is 15.8. The first-order valence-electron chi connectivity index (χ1n) is 8.45. The topological polar surface area (TPSA) is 15.3 Å². The van der Waals surface area contributed by atoms with Crippen LogP contribution in [0.2, 0.25) is 0 Å². The second kappa shape index (κ2) is 5.97. The van der Waals surface area contributed by atoms with Crippen molar-refractivity contribution in [1.82, 2.24) is 10.2 Å². The van der Waals surface area contributed by atoms with Crippen LogP contribution in [0.3, 0.4) is 0 Å². The average molecular weight is 262 g/mol. The van der Waals surface area contributed by atoms with E-state index >= 15 is 0 Å². The number of nitrogens with zero attached hydrogens (tertiary/aromatic N) is 1. The van der Waals surface area contributed by atoms with Crippen molar-refractivity contribution in [2.45, 2.75) is 69.9 Å². The molecule has 2 aliphatic carbocycles. The van der Waals surface area contributed by atoms with Gasteiger partial charge >= 0.3 is 0 Å². The van der Waals surface area contributed by atoms with Crippen molar-refractivity contribution < 1.29 is 0 Å². The van der Waals surface area contributed by atoms with Gasteiger partial charge in [-0.15, -0.1) is 0 Å². The number of rotatable bonds is 3. The minimum atomic E-state index is 0.482. The number of hydrogen-bond donors (Lipinski definition) is 1. The Morgan fingerprint density at radius 1 is 1.26 bits per heavy atom. The zero-order chi connectivity index (χ0) is 13.1. The molecular formula is C17H30N2. The number of hydrogen-bond acceptors (Lipinski definition) is 2. The minimum absolute atomic E-state index is 0.482. The van der Waals surface area contributed by atoms with Crippen LogP contribution in [0.1, 0.15) is 58.3 Å². The van der Waals surface area contributed by atoms with E-state index in [4.69, 9.17) is 0 Å². The molecule has 1 saturated carbocycles. The number of piperazine rings is 1. The van der Waals surface area contributed by atoms with Crippen molar-refractivity contribution >= 4 is 0 Å². The summed E-state index contributed by atoms with van der Waals surface area (Å²) in [5, 5.41) is 3.91. The second-order valence-corrected chi connectivity index (χ2v) is 7.01. The van der Waals surface area contributed by atoms with Gasteiger partial charge in [-0.25, -0.2) is 0 Å². The Hall–Kier alpha value is -0.340. The SMILES string of the molecule is CCC1CNC2(CCCC2)CN1CC1CC=CCC1. The maximum atomic E-state index is 3.91. The average Bonchev–Trinajstić information content (AvgIpc) is 2.88. The second-order valence-electron chi connectivity index (χ2n) is 7.01. The van der Waals surface area contributed by atoms with Crippen LogP contribution in [0.25, 0.3) is 0 Å². The third-order valence-electron chi connectivity index (χ3n) is 5.64. The lowest BCUT2D eigenvalue weighted by Crippen LogP contribution is -2.63. The van der Waals surface area contributed by atoms with Gasteiger partial charge in [-0.3, -0.25) is 4.90 Å². The minimum Gasteiger partial charge on any atom is -0.308 e. The van der Waals surface area contributed by atoms with E-state index < -0.39 is 0 Å². The standard InChI is InChI=1S/C17H30N2/c1-2-16-12-18-17(10-6-7-11-17)14-19(16)13-15-8-4-3-5-9-15/h3-4,15-16,18H,2,5-14H2,1H3. The Labute approximate surface area is 118 Å². The van der Waals surface area contributed by atoms with E-state index in [0.717, 1.165) is 12.0 Å². The van der Waals surface area contributed by atoms with Crippen LogP contribution in [0.15, 0.2) is 12.2 Å². The third-order valence-corrected chi connectivity index (χ3v) is 5.64. The Balaban J connectivity index is 1.63. The van der Waals surface area contributed by atoms with Crippen LogP contribution in [-0.4, -0.2) is 36.1 Å². The van der Waals surface area contributed by atoms with Crippen LogP contribution < -0.4 is 5.32 Å². The molecule has 0 amide bonds. The molecule has 2 nitrogen and oxygen atoms in total. The predicted octanol–water partition coefficient (Wildman–Crippen LogP) is 3.34. The Kier molecular flexibility index (Phi) is 4.28. The van der Waals surface area contributed by atoms with Gasteiger partial charge in [-0.05, 0) is 44.4 Å². The van der Waals surface area contributed by atoms with E-state index in [1.165, 1.54) is 71.0 Å². The zero-order valence-corrected chi connectivity index (χ0v) is 12.5. The highest BCUT2D eigenvalue weighted by Gasteiger charge is 2.40. The molecule has 1 aliphatic heterocycles. The molecule has 1 saturated heterocycles. The smallest absolute Gasteiger partial charge is 0.0309 e. The molecule has 1 N–H and O–H groups in total. The molecular weight excluding hydrogens is 232 g/mol. The lowest BCUT2D eigenvalue weighted by Gasteiger charge is -2.47. The normalized spacial score (nSPS) is 35.0. The maximum absolute atomic E-state index is 3.91. The molecule has 2 unspecified atom stereocenters. The van der Waals surface area contributed by atoms with Crippen molar-refractivity contribution in [1.29, 1.82) is 0 Å². The van der Waals surface area contributed by atoms with Crippen molar-refractivity contribution in [2.24, 2.45) is 5.92 Å². The fourth-order valence-corrected chi connectivity index (χ4v) is 4.39. The Bertz CT molecular complexity index is 317. The van der Waals surface area contributed by atoms with Gasteiger partial charge in [0, 0.05) is 31.2 Å². The van der Waals surface area contributed by atoms with Gasteiger partial charge in [0.2, 0.25) is 0 Å². The van der Waals surface area contributed by atoms with Gasteiger partial charge < -0.3 is 5.32 Å². The molecule has 1 heterocycles. The summed E-state index contributed by atoms with van der Waals surface area (Å²) in [4.78, 5) is 2.84. The van der Waals surface area contributed by atoms with E-state index in [2.05, 4.69) is 29.3 Å². The molecule has 2 fully saturated rings. The van der Waals surface area contributed by atoms with Gasteiger partial charge in [0.05, 0.1) is 0 Å². The van der Waals surface area contributed by atoms with Crippen LogP contribution >= 0.6 is 0 Å². The molecule has 2 heteroatoms. The Morgan fingerprint density at radius 2 is 2.11 bits per heavy atom. The summed E-state index contributed by atoms with van der Waals surface area (Å²) >= 11 is 0. The summed E-state index contributed by atoms with van der Waals surface area (Å²) in [7, 11) is 0. The Morgan fingerprint density at radius 3 is 2.79 bits per heavy atom. The highest BCUT2D eigenvalue weighted by Crippen LogP contribution is 2.34. The molecule has 0 aromatic rings. The van der Waals surface area contributed by atoms with Crippen molar-refractivity contribution in [3.05, 3.63) is 12.2 Å². The van der Waals surface area contributed by atoms with Gasteiger partial charge in [0.1, 0.15) is 0 Å². The molecule has 3 aliphatic rings. The fraction of sp³-hybridized carbons (Fsp3) is 0.882. The van der Waals surface area contributed by atoms with Crippen LogP contribution in [0.4, 0.5) is 0 Å². The van der Waals surface area contributed by atoms with E-state index in [9.17, 15) is 0 Å². The summed E-state index contributed by atoms with van der Waals surface area (Å²) in [6, 6.07) is 0.775. The van der Waals surface area contributed by atoms with Gasteiger partial charge in [0.25, 0.3) is 0 Å². The fourth-order valence-electron chi connectivity index (χ4n) is 4.39. The van der Waals surface area contributed by atoms with Crippen LogP contribution in [0.5, 0.6) is 0 Å². The van der Waals surface area contributed by atoms with Gasteiger partial charge in [-0.2, -0.15) is 0 Å². The van der Waals surface area contributed by atoms with Crippen LogP contribution in [-0.2, 0) is 0 Å². The van der Waals surface area contributed by atoms with Crippen molar-refractivity contribution in [3.8, 4) is 0 Å². The van der Waals surface area contributed by atoms with Crippen LogP contribution in [0, 0.1) is 5.92 Å². The first-order valence-corrected chi connectivity index (χ1v) is 8.45. The number of allylic oxidation sites excluding steroid dienone is 2. The molecule has 0 aromatic heterocycles. The molecule has 19 heavy (non-hydrogen) atoms. The molecule has 0 bridgehead atoms. The first kappa shape index (κ1) is 13.6. The quantitative estimate of drug-likeness (QED) is 0.785. The highest BCUT2D eigenvalue weighted by atomic mass is 15.3. The molecule has 108 valence electrons. The monoisotopic (exact) mass is 262 g/mol. The van der Waals surface area contributed by atoms with E-state index in [1.807, 2.05) is 0 Å². The number of nitrogens with one attached hydrogen (secondary N) is 1. The highest BCUT2D eigenvalue weighted by molar-refractivity contribution is 5.01. The predicted molar refractivity (Wildman–Crippen MR) is 81.3 cm³/mol. The van der Waals surface area contributed by atoms with Crippen molar-refractivity contribution in [2.75, 3.05) is 19.6 Å². The van der Waals surface area contributed by atoms with E-state index in [1.54, 1.807) is 0 Å².